The van der Waals surface area contributed by atoms with E-state index in [0.717, 1.165) is 38.6 Å². The van der Waals surface area contributed by atoms with Crippen molar-refractivity contribution in [3.05, 3.63) is 33.5 Å². The van der Waals surface area contributed by atoms with Gasteiger partial charge in [0.25, 0.3) is 0 Å². The lowest BCUT2D eigenvalue weighted by Gasteiger charge is -2.15. The second-order valence-electron chi connectivity index (χ2n) is 6.40. The average Bonchev–Trinajstić information content (AvgIpc) is 3.39. The lowest BCUT2D eigenvalue weighted by molar-refractivity contribution is 0.698. The van der Waals surface area contributed by atoms with Gasteiger partial charge in [-0.3, -0.25) is 4.99 Å². The first-order valence-electron chi connectivity index (χ1n) is 8.92. The van der Waals surface area contributed by atoms with E-state index in [1.807, 2.05) is 7.05 Å². The summed E-state index contributed by atoms with van der Waals surface area (Å²) in [5.41, 5.74) is 2.55. The number of halogens is 1. The van der Waals surface area contributed by atoms with Crippen molar-refractivity contribution in [1.82, 2.24) is 15.6 Å². The van der Waals surface area contributed by atoms with Crippen LogP contribution < -0.4 is 15.5 Å². The molecule has 0 radical (unpaired) electrons. The molecule has 1 saturated heterocycles. The van der Waals surface area contributed by atoms with Crippen LogP contribution in [0.3, 0.4) is 0 Å². The molecule has 1 fully saturated rings. The maximum Gasteiger partial charge on any atom is 0.191 e. The topological polar surface area (TPSA) is 52.6 Å². The van der Waals surface area contributed by atoms with Crippen molar-refractivity contribution in [3.8, 4) is 0 Å². The van der Waals surface area contributed by atoms with Crippen LogP contribution in [0.4, 0.5) is 5.13 Å². The minimum Gasteiger partial charge on any atom is -0.356 e. The lowest BCUT2D eigenvalue weighted by atomic mass is 10.1. The van der Waals surface area contributed by atoms with Gasteiger partial charge in [0.1, 0.15) is 0 Å². The molecule has 0 amide bonds. The maximum absolute atomic E-state index is 4.77. The predicted octanol–water partition coefficient (Wildman–Crippen LogP) is 3.93. The Morgan fingerprint density at radius 3 is 2.81 bits per heavy atom. The Hall–Kier alpha value is -0.870. The van der Waals surface area contributed by atoms with Gasteiger partial charge >= 0.3 is 0 Å². The third-order valence-electron chi connectivity index (χ3n) is 4.50. The molecule has 0 spiro atoms. The van der Waals surface area contributed by atoms with Crippen LogP contribution in [-0.4, -0.2) is 44.2 Å². The summed E-state index contributed by atoms with van der Waals surface area (Å²) in [4.78, 5) is 11.5. The zero-order valence-corrected chi connectivity index (χ0v) is 19.4. The highest BCUT2D eigenvalue weighted by atomic mass is 127. The van der Waals surface area contributed by atoms with E-state index >= 15 is 0 Å². The maximum atomic E-state index is 4.77. The van der Waals surface area contributed by atoms with E-state index in [0.29, 0.717) is 5.92 Å². The molecule has 1 atom stereocenters. The fourth-order valence-electron chi connectivity index (χ4n) is 2.92. The molecule has 3 rings (SSSR count). The first-order chi connectivity index (χ1) is 12.3. The zero-order chi connectivity index (χ0) is 17.5. The van der Waals surface area contributed by atoms with E-state index in [4.69, 9.17) is 4.98 Å². The van der Waals surface area contributed by atoms with Crippen LogP contribution in [0.15, 0.2) is 27.2 Å². The van der Waals surface area contributed by atoms with Crippen molar-refractivity contribution in [2.75, 3.05) is 38.1 Å². The van der Waals surface area contributed by atoms with Crippen molar-refractivity contribution >= 4 is 57.7 Å². The van der Waals surface area contributed by atoms with E-state index in [2.05, 4.69) is 49.7 Å². The molecule has 8 heteroatoms. The van der Waals surface area contributed by atoms with Gasteiger partial charge in [-0.15, -0.1) is 35.3 Å². The van der Waals surface area contributed by atoms with Gasteiger partial charge in [-0.25, -0.2) is 4.98 Å². The number of thiazole rings is 1. The molecule has 0 saturated carbocycles. The molecule has 0 aliphatic carbocycles. The van der Waals surface area contributed by atoms with Crippen molar-refractivity contribution < 1.29 is 0 Å². The van der Waals surface area contributed by atoms with Gasteiger partial charge in [-0.2, -0.15) is 11.3 Å². The molecule has 2 N–H and O–H groups in total. The van der Waals surface area contributed by atoms with Crippen molar-refractivity contribution in [1.29, 1.82) is 0 Å². The number of nitrogens with one attached hydrogen (secondary N) is 2. The van der Waals surface area contributed by atoms with Crippen molar-refractivity contribution in [3.63, 3.8) is 0 Å². The number of nitrogens with zero attached hydrogens (tertiary/aromatic N) is 3. The molecule has 1 unspecified atom stereocenters. The molecule has 1 aliphatic heterocycles. The summed E-state index contributed by atoms with van der Waals surface area (Å²) in [7, 11) is 1.82. The number of hydrogen-bond donors (Lipinski definition) is 2. The van der Waals surface area contributed by atoms with Gasteiger partial charge in [-0.1, -0.05) is 6.92 Å². The first kappa shape index (κ1) is 21.4. The van der Waals surface area contributed by atoms with E-state index in [9.17, 15) is 0 Å². The first-order valence-corrected chi connectivity index (χ1v) is 10.7. The van der Waals surface area contributed by atoms with E-state index in [1.54, 1.807) is 22.7 Å². The van der Waals surface area contributed by atoms with Crippen LogP contribution in [0.1, 0.15) is 36.9 Å². The molecule has 1 aliphatic rings. The van der Waals surface area contributed by atoms with Gasteiger partial charge in [0.05, 0.1) is 5.69 Å². The Morgan fingerprint density at radius 1 is 1.31 bits per heavy atom. The quantitative estimate of drug-likeness (QED) is 0.340. The molecule has 0 bridgehead atoms. The largest absolute Gasteiger partial charge is 0.356 e. The van der Waals surface area contributed by atoms with Gasteiger partial charge in [0.2, 0.25) is 0 Å². The third-order valence-corrected chi connectivity index (χ3v) is 6.15. The monoisotopic (exact) mass is 505 g/mol. The van der Waals surface area contributed by atoms with E-state index in [1.165, 1.54) is 29.2 Å². The number of thiophene rings is 1. The number of aliphatic imine (C=N–C) groups is 1. The molecule has 2 aromatic rings. The number of rotatable bonds is 7. The second-order valence-corrected chi connectivity index (χ2v) is 8.02. The van der Waals surface area contributed by atoms with Crippen LogP contribution in [-0.2, 0) is 6.42 Å². The van der Waals surface area contributed by atoms with Crippen molar-refractivity contribution in [2.45, 2.75) is 32.1 Å². The minimum atomic E-state index is 0. The molecular formula is C18H28IN5S2. The highest BCUT2D eigenvalue weighted by molar-refractivity contribution is 14.0. The summed E-state index contributed by atoms with van der Waals surface area (Å²) in [6.45, 7) is 6.27. The molecular weight excluding hydrogens is 477 g/mol. The van der Waals surface area contributed by atoms with Gasteiger partial charge in [-0.05, 0) is 41.1 Å². The third kappa shape index (κ3) is 6.09. The summed E-state index contributed by atoms with van der Waals surface area (Å²) >= 11 is 3.51. The fourth-order valence-corrected chi connectivity index (χ4v) is 4.61. The Kier molecular flexibility index (Phi) is 9.13. The van der Waals surface area contributed by atoms with Crippen LogP contribution in [0.25, 0.3) is 0 Å². The molecule has 5 nitrogen and oxygen atoms in total. The average molecular weight is 505 g/mol. The summed E-state index contributed by atoms with van der Waals surface area (Å²) in [6, 6.07) is 2.19. The fraction of sp³-hybridized carbons (Fsp3) is 0.556. The number of aromatic nitrogens is 1. The SMILES string of the molecule is CN=C(NCCc1csc(N2CCCC2)n1)NCC(C)c1ccsc1.I. The summed E-state index contributed by atoms with van der Waals surface area (Å²) in [5.74, 6) is 1.34. The lowest BCUT2D eigenvalue weighted by Crippen LogP contribution is -2.39. The minimum absolute atomic E-state index is 0. The smallest absolute Gasteiger partial charge is 0.191 e. The van der Waals surface area contributed by atoms with Gasteiger partial charge < -0.3 is 15.5 Å². The van der Waals surface area contributed by atoms with E-state index < -0.39 is 0 Å². The zero-order valence-electron chi connectivity index (χ0n) is 15.4. The summed E-state index contributed by atoms with van der Waals surface area (Å²) < 4.78 is 0. The van der Waals surface area contributed by atoms with E-state index in [-0.39, 0.29) is 24.0 Å². The number of anilines is 1. The van der Waals surface area contributed by atoms with Gasteiger partial charge in [0.15, 0.2) is 11.1 Å². The normalized spacial score (nSPS) is 15.6. The Bertz CT molecular complexity index is 665. The van der Waals surface area contributed by atoms with Crippen LogP contribution >= 0.6 is 46.7 Å². The Labute approximate surface area is 181 Å². The highest BCUT2D eigenvalue weighted by Gasteiger charge is 2.15. The molecule has 2 aromatic heterocycles. The Balaban J connectivity index is 0.00000243. The van der Waals surface area contributed by atoms with Gasteiger partial charge in [0, 0.05) is 45.0 Å². The van der Waals surface area contributed by atoms with Crippen LogP contribution in [0, 0.1) is 0 Å². The summed E-state index contributed by atoms with van der Waals surface area (Å²) in [5, 5.41) is 14.5. The number of hydrogen-bond acceptors (Lipinski definition) is 5. The van der Waals surface area contributed by atoms with Crippen LogP contribution in [0.2, 0.25) is 0 Å². The standard InChI is InChI=1S/C18H27N5S2.HI/c1-14(15-6-10-24-12-15)11-21-17(19-2)20-7-5-16-13-25-18(22-16)23-8-3-4-9-23;/h6,10,12-14H,3-5,7-9,11H2,1-2H3,(H2,19,20,21);1H. The predicted molar refractivity (Wildman–Crippen MR) is 125 cm³/mol. The molecule has 26 heavy (non-hydrogen) atoms. The highest BCUT2D eigenvalue weighted by Crippen LogP contribution is 2.24. The van der Waals surface area contributed by atoms with Crippen LogP contribution in [0.5, 0.6) is 0 Å². The van der Waals surface area contributed by atoms with Crippen molar-refractivity contribution in [2.24, 2.45) is 4.99 Å². The second kappa shape index (κ2) is 11.1. The Morgan fingerprint density at radius 2 is 2.12 bits per heavy atom. The summed E-state index contributed by atoms with van der Waals surface area (Å²) in [6.07, 6.45) is 3.51. The number of guanidine groups is 1. The molecule has 3 heterocycles. The molecule has 144 valence electrons. The molecule has 0 aromatic carbocycles.